The smallest absolute Gasteiger partial charge is 0.179 e. The van der Waals surface area contributed by atoms with Crippen LogP contribution in [0.15, 0.2) is 34.9 Å². The van der Waals surface area contributed by atoms with E-state index in [0.29, 0.717) is 35.3 Å². The average Bonchev–Trinajstić information content (AvgIpc) is 3.17. The number of hydrogen-bond donors (Lipinski definition) is 3. The number of benzene rings is 2. The normalized spacial score (nSPS) is 14.1. The molecule has 0 saturated heterocycles. The highest BCUT2D eigenvalue weighted by atomic mass is 16.5. The molecular formula is C24H26N2O5. The summed E-state index contributed by atoms with van der Waals surface area (Å²) in [5.41, 5.74) is 4.86. The first-order chi connectivity index (χ1) is 14.9. The predicted octanol–water partition coefficient (Wildman–Crippen LogP) is 3.71. The zero-order chi connectivity index (χ0) is 22.1. The third kappa shape index (κ3) is 3.94. The summed E-state index contributed by atoms with van der Waals surface area (Å²) in [5, 5.41) is 33.8. The van der Waals surface area contributed by atoms with E-state index in [0.717, 1.165) is 25.1 Å². The topological polar surface area (TPSA) is 107 Å². The van der Waals surface area contributed by atoms with Crippen LogP contribution in [-0.2, 0) is 13.0 Å². The number of aromatic nitrogens is 1. The minimum atomic E-state index is -0.144. The number of aldehydes is 1. The summed E-state index contributed by atoms with van der Waals surface area (Å²) in [6, 6.07) is 8.95. The van der Waals surface area contributed by atoms with Crippen LogP contribution in [0.1, 0.15) is 46.9 Å². The molecule has 0 bridgehead atoms. The summed E-state index contributed by atoms with van der Waals surface area (Å²) in [4.78, 5) is 13.9. The molecule has 0 radical (unpaired) electrons. The van der Waals surface area contributed by atoms with Crippen LogP contribution in [0.2, 0.25) is 0 Å². The van der Waals surface area contributed by atoms with Crippen molar-refractivity contribution in [2.45, 2.75) is 32.7 Å². The maximum atomic E-state index is 11.7. The lowest BCUT2D eigenvalue weighted by molar-refractivity contribution is 0.111. The third-order valence-electron chi connectivity index (χ3n) is 5.84. The monoisotopic (exact) mass is 422 g/mol. The fraction of sp³-hybridized carbons (Fsp3) is 0.333. The highest BCUT2D eigenvalue weighted by Crippen LogP contribution is 2.43. The van der Waals surface area contributed by atoms with E-state index in [-0.39, 0.29) is 29.7 Å². The van der Waals surface area contributed by atoms with Crippen LogP contribution in [0, 0.1) is 0 Å². The van der Waals surface area contributed by atoms with Crippen LogP contribution in [0.4, 0.5) is 0 Å². The van der Waals surface area contributed by atoms with Gasteiger partial charge in [0.25, 0.3) is 0 Å². The first-order valence-electron chi connectivity index (χ1n) is 10.4. The molecule has 0 saturated carbocycles. The zero-order valence-electron chi connectivity index (χ0n) is 17.6. The fourth-order valence-electron chi connectivity index (χ4n) is 4.18. The molecular weight excluding hydrogens is 396 g/mol. The molecule has 0 spiro atoms. The molecule has 4 rings (SSSR count). The van der Waals surface area contributed by atoms with E-state index >= 15 is 0 Å². The van der Waals surface area contributed by atoms with E-state index in [2.05, 4.69) is 10.1 Å². The largest absolute Gasteiger partial charge is 0.508 e. The number of rotatable bonds is 6. The molecule has 1 aromatic heterocycles. The Bertz CT molecular complexity index is 1120. The van der Waals surface area contributed by atoms with Crippen LogP contribution in [0.5, 0.6) is 11.5 Å². The lowest BCUT2D eigenvalue weighted by Gasteiger charge is -2.28. The molecule has 7 nitrogen and oxygen atoms in total. The molecule has 7 heteroatoms. The molecule has 2 aromatic carbocycles. The number of β-amino-alcohol motifs (C(OH)–C–C–N with tert-alkyl or cyclic N) is 1. The van der Waals surface area contributed by atoms with Crippen molar-refractivity contribution in [3.63, 3.8) is 0 Å². The van der Waals surface area contributed by atoms with Gasteiger partial charge in [0.05, 0.1) is 17.7 Å². The number of fused-ring (bicyclic) bond motifs is 1. The van der Waals surface area contributed by atoms with Gasteiger partial charge in [-0.2, -0.15) is 0 Å². The molecule has 1 aliphatic rings. The summed E-state index contributed by atoms with van der Waals surface area (Å²) in [5.74, 6) is 0.185. The Morgan fingerprint density at radius 2 is 1.97 bits per heavy atom. The second kappa shape index (κ2) is 8.53. The Morgan fingerprint density at radius 3 is 2.68 bits per heavy atom. The molecule has 0 amide bonds. The van der Waals surface area contributed by atoms with Crippen LogP contribution in [0.3, 0.4) is 0 Å². The highest BCUT2D eigenvalue weighted by molar-refractivity contribution is 5.93. The van der Waals surface area contributed by atoms with Gasteiger partial charge >= 0.3 is 0 Å². The number of aliphatic hydroxyl groups excluding tert-OH is 1. The van der Waals surface area contributed by atoms with Crippen molar-refractivity contribution in [3.05, 3.63) is 52.7 Å². The van der Waals surface area contributed by atoms with Crippen molar-refractivity contribution in [1.82, 2.24) is 10.1 Å². The maximum absolute atomic E-state index is 11.7. The van der Waals surface area contributed by atoms with Gasteiger partial charge in [-0.25, -0.2) is 0 Å². The Hall–Kier alpha value is -3.16. The standard InChI is InChI=1S/C24H26N2O5/c1-14(2)18-10-19(22(30)11-21(18)29)24-23(20(13-28)25-31-24)16-3-4-17-12-26(7-8-27)6-5-15(17)9-16/h3-4,9-11,13-14,27,29-30H,5-8,12H2,1-2H3. The van der Waals surface area contributed by atoms with Gasteiger partial charge in [-0.3, -0.25) is 9.69 Å². The number of hydrogen-bond acceptors (Lipinski definition) is 7. The summed E-state index contributed by atoms with van der Waals surface area (Å²) in [7, 11) is 0. The fourth-order valence-corrected chi connectivity index (χ4v) is 4.18. The number of carbonyl (C=O) groups is 1. The molecule has 0 fully saturated rings. The molecule has 31 heavy (non-hydrogen) atoms. The summed E-state index contributed by atoms with van der Waals surface area (Å²) >= 11 is 0. The van der Waals surface area contributed by atoms with Gasteiger partial charge in [-0.15, -0.1) is 0 Å². The van der Waals surface area contributed by atoms with Gasteiger partial charge in [0.15, 0.2) is 17.7 Å². The summed E-state index contributed by atoms with van der Waals surface area (Å²) in [6.45, 7) is 6.28. The minimum absolute atomic E-state index is 0.00846. The molecule has 3 N–H and O–H groups in total. The van der Waals surface area contributed by atoms with Gasteiger partial charge < -0.3 is 19.8 Å². The van der Waals surface area contributed by atoms with Gasteiger partial charge in [0.2, 0.25) is 0 Å². The molecule has 0 unspecified atom stereocenters. The number of phenolic OH excluding ortho intramolecular Hbond substituents is 2. The van der Waals surface area contributed by atoms with Crippen molar-refractivity contribution in [2.75, 3.05) is 19.7 Å². The molecule has 0 aliphatic carbocycles. The lowest BCUT2D eigenvalue weighted by Crippen LogP contribution is -2.32. The summed E-state index contributed by atoms with van der Waals surface area (Å²) < 4.78 is 5.52. The Kier molecular flexibility index (Phi) is 5.80. The van der Waals surface area contributed by atoms with Crippen molar-refractivity contribution >= 4 is 6.29 Å². The van der Waals surface area contributed by atoms with Crippen LogP contribution < -0.4 is 0 Å². The molecule has 0 atom stereocenters. The van der Waals surface area contributed by atoms with E-state index in [4.69, 9.17) is 4.52 Å². The average molecular weight is 422 g/mol. The van der Waals surface area contributed by atoms with Crippen LogP contribution >= 0.6 is 0 Å². The van der Waals surface area contributed by atoms with Crippen molar-refractivity contribution in [3.8, 4) is 33.9 Å². The van der Waals surface area contributed by atoms with E-state index < -0.39 is 0 Å². The maximum Gasteiger partial charge on any atom is 0.179 e. The molecule has 162 valence electrons. The zero-order valence-corrected chi connectivity index (χ0v) is 17.6. The van der Waals surface area contributed by atoms with E-state index in [1.54, 1.807) is 6.07 Å². The second-order valence-corrected chi connectivity index (χ2v) is 8.21. The van der Waals surface area contributed by atoms with E-state index in [1.165, 1.54) is 17.2 Å². The van der Waals surface area contributed by atoms with Gasteiger partial charge in [-0.05, 0) is 40.7 Å². The van der Waals surface area contributed by atoms with Gasteiger partial charge in [-0.1, -0.05) is 37.2 Å². The number of phenols is 2. The third-order valence-corrected chi connectivity index (χ3v) is 5.84. The molecule has 2 heterocycles. The number of carbonyl (C=O) groups excluding carboxylic acids is 1. The SMILES string of the molecule is CC(C)c1cc(-c2onc(C=O)c2-c2ccc3c(c2)CCN(CCO)C3)c(O)cc1O. The van der Waals surface area contributed by atoms with Crippen molar-refractivity contribution < 1.29 is 24.6 Å². The number of aliphatic hydroxyl groups is 1. The quantitative estimate of drug-likeness (QED) is 0.520. The van der Waals surface area contributed by atoms with Gasteiger partial charge in [0, 0.05) is 25.7 Å². The minimum Gasteiger partial charge on any atom is -0.508 e. The van der Waals surface area contributed by atoms with Crippen molar-refractivity contribution in [2.24, 2.45) is 0 Å². The Balaban J connectivity index is 1.81. The lowest BCUT2D eigenvalue weighted by atomic mass is 9.91. The highest BCUT2D eigenvalue weighted by Gasteiger charge is 2.25. The first-order valence-corrected chi connectivity index (χ1v) is 10.4. The Labute approximate surface area is 180 Å². The predicted molar refractivity (Wildman–Crippen MR) is 116 cm³/mol. The summed E-state index contributed by atoms with van der Waals surface area (Å²) in [6.07, 6.45) is 1.48. The number of nitrogens with zero attached hydrogens (tertiary/aromatic N) is 2. The van der Waals surface area contributed by atoms with Crippen LogP contribution in [0.25, 0.3) is 22.5 Å². The second-order valence-electron chi connectivity index (χ2n) is 8.21. The van der Waals surface area contributed by atoms with E-state index in [1.807, 2.05) is 32.0 Å². The number of aromatic hydroxyl groups is 2. The van der Waals surface area contributed by atoms with Crippen molar-refractivity contribution in [1.29, 1.82) is 0 Å². The first kappa shape index (κ1) is 21.1. The van der Waals surface area contributed by atoms with Gasteiger partial charge in [0.1, 0.15) is 11.5 Å². The van der Waals surface area contributed by atoms with Crippen LogP contribution in [-0.4, -0.2) is 51.4 Å². The molecule has 1 aliphatic heterocycles. The Morgan fingerprint density at radius 1 is 1.16 bits per heavy atom. The van der Waals surface area contributed by atoms with E-state index in [9.17, 15) is 20.1 Å². The molecule has 3 aromatic rings.